The number of allylic oxidation sites excluding steroid dienone is 1. The van der Waals surface area contributed by atoms with Crippen molar-refractivity contribution in [3.05, 3.63) is 45.3 Å². The van der Waals surface area contributed by atoms with Crippen LogP contribution in [0.1, 0.15) is 31.4 Å². The molecule has 4 nitrogen and oxygen atoms in total. The molecule has 2 rings (SSSR count). The molecule has 0 aliphatic rings. The van der Waals surface area contributed by atoms with Gasteiger partial charge in [0.15, 0.2) is 0 Å². The van der Waals surface area contributed by atoms with Crippen LogP contribution in [-0.4, -0.2) is 4.98 Å². The molecule has 0 saturated carbocycles. The number of nitrogens with one attached hydrogen (secondary N) is 1. The lowest BCUT2D eigenvalue weighted by Gasteiger charge is -2.11. The van der Waals surface area contributed by atoms with E-state index in [1.165, 1.54) is 0 Å². The summed E-state index contributed by atoms with van der Waals surface area (Å²) in [5.74, 6) is 0. The van der Waals surface area contributed by atoms with E-state index < -0.39 is 0 Å². The summed E-state index contributed by atoms with van der Waals surface area (Å²) in [5, 5.41) is 0.835. The van der Waals surface area contributed by atoms with Gasteiger partial charge in [0.05, 0.1) is 16.8 Å². The predicted octanol–water partition coefficient (Wildman–Crippen LogP) is 2.52. The summed E-state index contributed by atoms with van der Waals surface area (Å²) in [6.07, 6.45) is 0.788. The van der Waals surface area contributed by atoms with Crippen LogP contribution in [0.25, 0.3) is 16.6 Å². The Kier molecular flexibility index (Phi) is 3.34. The Morgan fingerprint density at radius 3 is 2.68 bits per heavy atom. The molecule has 100 valence electrons. The molecular formula is C15H19N3O. The first-order valence-corrected chi connectivity index (χ1v) is 6.33. The van der Waals surface area contributed by atoms with E-state index in [2.05, 4.69) is 4.98 Å². The van der Waals surface area contributed by atoms with Crippen molar-refractivity contribution in [2.45, 2.75) is 27.2 Å². The number of aromatic amines is 1. The predicted molar refractivity (Wildman–Crippen MR) is 80.8 cm³/mol. The Bertz CT molecular complexity index is 726. The standard InChI is InChI=1S/C15H19N3O/c1-4-9(3)13(16)12-14(17)10-7-8(2)5-6-11(10)18-15(12)19/h5-7H,4,16H2,1-3H3,(H3,17,18,19). The van der Waals surface area contributed by atoms with E-state index in [-0.39, 0.29) is 5.56 Å². The van der Waals surface area contributed by atoms with E-state index >= 15 is 0 Å². The number of nitrogen functional groups attached to an aromatic ring is 1. The second-order valence-corrected chi connectivity index (χ2v) is 4.84. The van der Waals surface area contributed by atoms with Crippen molar-refractivity contribution in [1.29, 1.82) is 0 Å². The molecule has 2 aromatic rings. The average molecular weight is 257 g/mol. The van der Waals surface area contributed by atoms with Gasteiger partial charge in [-0.05, 0) is 38.0 Å². The van der Waals surface area contributed by atoms with Crippen molar-refractivity contribution in [2.24, 2.45) is 5.73 Å². The molecule has 0 aliphatic heterocycles. The maximum Gasteiger partial charge on any atom is 0.259 e. The summed E-state index contributed by atoms with van der Waals surface area (Å²) < 4.78 is 0. The van der Waals surface area contributed by atoms with Crippen molar-refractivity contribution in [1.82, 2.24) is 4.98 Å². The number of pyridine rings is 1. The fraction of sp³-hybridized carbons (Fsp3) is 0.267. The molecule has 1 aromatic carbocycles. The monoisotopic (exact) mass is 257 g/mol. The number of fused-ring (bicyclic) bond motifs is 1. The fourth-order valence-electron chi connectivity index (χ4n) is 2.10. The van der Waals surface area contributed by atoms with Crippen molar-refractivity contribution >= 4 is 22.3 Å². The van der Waals surface area contributed by atoms with Crippen molar-refractivity contribution in [2.75, 3.05) is 5.73 Å². The minimum atomic E-state index is -0.237. The summed E-state index contributed by atoms with van der Waals surface area (Å²) in [6, 6.07) is 5.76. The molecule has 0 amide bonds. The van der Waals surface area contributed by atoms with E-state index in [1.54, 1.807) is 0 Å². The normalized spacial score (nSPS) is 12.6. The number of aromatic nitrogens is 1. The molecule has 0 atom stereocenters. The number of nitrogens with two attached hydrogens (primary N) is 2. The Hall–Kier alpha value is -2.23. The van der Waals surface area contributed by atoms with Gasteiger partial charge in [-0.15, -0.1) is 0 Å². The van der Waals surface area contributed by atoms with Crippen LogP contribution in [0.2, 0.25) is 0 Å². The first-order valence-electron chi connectivity index (χ1n) is 6.33. The van der Waals surface area contributed by atoms with Crippen LogP contribution < -0.4 is 17.0 Å². The van der Waals surface area contributed by atoms with Crippen LogP contribution in [0.5, 0.6) is 0 Å². The maximum absolute atomic E-state index is 12.2. The molecule has 0 radical (unpaired) electrons. The van der Waals surface area contributed by atoms with E-state index in [9.17, 15) is 4.79 Å². The molecule has 1 aromatic heterocycles. The molecule has 0 spiro atoms. The number of hydrogen-bond donors (Lipinski definition) is 3. The minimum absolute atomic E-state index is 0.237. The van der Waals surface area contributed by atoms with Gasteiger partial charge in [0.25, 0.3) is 5.56 Å². The smallest absolute Gasteiger partial charge is 0.259 e. The molecular weight excluding hydrogens is 238 g/mol. The summed E-state index contributed by atoms with van der Waals surface area (Å²) in [4.78, 5) is 15.0. The first kappa shape index (κ1) is 13.2. The Balaban J connectivity index is 2.87. The summed E-state index contributed by atoms with van der Waals surface area (Å²) >= 11 is 0. The van der Waals surface area contributed by atoms with Crippen LogP contribution in [0.3, 0.4) is 0 Å². The molecule has 1 heterocycles. The summed E-state index contributed by atoms with van der Waals surface area (Å²) in [6.45, 7) is 5.90. The zero-order valence-corrected chi connectivity index (χ0v) is 11.5. The largest absolute Gasteiger partial charge is 0.398 e. The Morgan fingerprint density at radius 1 is 1.37 bits per heavy atom. The van der Waals surface area contributed by atoms with E-state index in [0.717, 1.165) is 28.5 Å². The zero-order valence-electron chi connectivity index (χ0n) is 11.5. The van der Waals surface area contributed by atoms with Crippen molar-refractivity contribution in [3.63, 3.8) is 0 Å². The highest BCUT2D eigenvalue weighted by molar-refractivity contribution is 5.96. The molecule has 4 heteroatoms. The van der Waals surface area contributed by atoms with Gasteiger partial charge in [-0.2, -0.15) is 0 Å². The highest BCUT2D eigenvalue weighted by atomic mass is 16.1. The summed E-state index contributed by atoms with van der Waals surface area (Å²) in [5.41, 5.74) is 16.1. The highest BCUT2D eigenvalue weighted by Gasteiger charge is 2.13. The van der Waals surface area contributed by atoms with Crippen molar-refractivity contribution < 1.29 is 0 Å². The zero-order chi connectivity index (χ0) is 14.2. The highest BCUT2D eigenvalue weighted by Crippen LogP contribution is 2.26. The number of H-pyrrole nitrogens is 1. The van der Waals surface area contributed by atoms with Crippen LogP contribution in [0.4, 0.5) is 5.69 Å². The molecule has 0 unspecified atom stereocenters. The lowest BCUT2D eigenvalue weighted by atomic mass is 10.0. The van der Waals surface area contributed by atoms with Gasteiger partial charge in [0.1, 0.15) is 0 Å². The van der Waals surface area contributed by atoms with Crippen molar-refractivity contribution in [3.8, 4) is 0 Å². The fourth-order valence-corrected chi connectivity index (χ4v) is 2.10. The molecule has 0 fully saturated rings. The average Bonchev–Trinajstić information content (AvgIpc) is 2.38. The molecule has 5 N–H and O–H groups in total. The lowest BCUT2D eigenvalue weighted by molar-refractivity contribution is 1.09. The Labute approximate surface area is 112 Å². The topological polar surface area (TPSA) is 84.9 Å². The first-order chi connectivity index (χ1) is 8.95. The van der Waals surface area contributed by atoms with E-state index in [4.69, 9.17) is 11.5 Å². The van der Waals surface area contributed by atoms with Crippen LogP contribution in [0.15, 0.2) is 28.6 Å². The van der Waals surface area contributed by atoms with Gasteiger partial charge in [0, 0.05) is 11.1 Å². The summed E-state index contributed by atoms with van der Waals surface area (Å²) in [7, 11) is 0. The Morgan fingerprint density at radius 2 is 2.05 bits per heavy atom. The van der Waals surface area contributed by atoms with Crippen LogP contribution in [0, 0.1) is 6.92 Å². The lowest BCUT2D eigenvalue weighted by Crippen LogP contribution is -2.19. The number of aryl methyl sites for hydroxylation is 1. The maximum atomic E-state index is 12.2. The number of benzene rings is 1. The number of rotatable bonds is 2. The van der Waals surface area contributed by atoms with Gasteiger partial charge in [-0.3, -0.25) is 4.79 Å². The quantitative estimate of drug-likeness (QED) is 0.772. The SMILES string of the molecule is CCC(C)=C(N)c1c(N)c2cc(C)ccc2[nH]c1=O. The molecule has 0 aliphatic carbocycles. The van der Waals surface area contributed by atoms with Gasteiger partial charge < -0.3 is 16.5 Å². The van der Waals surface area contributed by atoms with E-state index in [0.29, 0.717) is 16.9 Å². The minimum Gasteiger partial charge on any atom is -0.398 e. The van der Waals surface area contributed by atoms with Gasteiger partial charge >= 0.3 is 0 Å². The third-order valence-electron chi connectivity index (χ3n) is 3.47. The third-order valence-corrected chi connectivity index (χ3v) is 3.47. The van der Waals surface area contributed by atoms with Crippen LogP contribution in [-0.2, 0) is 0 Å². The molecule has 0 saturated heterocycles. The third kappa shape index (κ3) is 2.21. The van der Waals surface area contributed by atoms with Crippen LogP contribution >= 0.6 is 0 Å². The second kappa shape index (κ2) is 4.80. The molecule has 0 bridgehead atoms. The van der Waals surface area contributed by atoms with Gasteiger partial charge in [0.2, 0.25) is 0 Å². The second-order valence-electron chi connectivity index (χ2n) is 4.84. The van der Waals surface area contributed by atoms with E-state index in [1.807, 2.05) is 39.0 Å². The number of anilines is 1. The van der Waals surface area contributed by atoms with Gasteiger partial charge in [-0.1, -0.05) is 18.6 Å². The molecule has 19 heavy (non-hydrogen) atoms. The van der Waals surface area contributed by atoms with Gasteiger partial charge in [-0.25, -0.2) is 0 Å². The number of hydrogen-bond acceptors (Lipinski definition) is 3.